The summed E-state index contributed by atoms with van der Waals surface area (Å²) < 4.78 is 16.5. The summed E-state index contributed by atoms with van der Waals surface area (Å²) in [7, 11) is 3.22. The van der Waals surface area contributed by atoms with E-state index in [2.05, 4.69) is 0 Å². The van der Waals surface area contributed by atoms with Crippen LogP contribution in [-0.2, 0) is 6.42 Å². The minimum atomic E-state index is -0.118. The topological polar surface area (TPSA) is 68.9 Å². The van der Waals surface area contributed by atoms with E-state index in [-0.39, 0.29) is 11.2 Å². The number of rotatable bonds is 5. The van der Waals surface area contributed by atoms with Gasteiger partial charge in [0.15, 0.2) is 5.43 Å². The van der Waals surface area contributed by atoms with Crippen molar-refractivity contribution in [1.29, 1.82) is 0 Å². The highest BCUT2D eigenvalue weighted by atomic mass is 16.5. The maximum Gasteiger partial charge on any atom is 0.196 e. The van der Waals surface area contributed by atoms with Crippen molar-refractivity contribution in [3.05, 3.63) is 88.1 Å². The minimum absolute atomic E-state index is 0.0456. The van der Waals surface area contributed by atoms with Gasteiger partial charge in [0.2, 0.25) is 0 Å². The quantitative estimate of drug-likeness (QED) is 0.533. The van der Waals surface area contributed by atoms with Crippen molar-refractivity contribution in [2.24, 2.45) is 0 Å². The van der Waals surface area contributed by atoms with Gasteiger partial charge in [-0.2, -0.15) is 0 Å². The third kappa shape index (κ3) is 3.67. The maximum atomic E-state index is 13.3. The lowest BCUT2D eigenvalue weighted by Crippen LogP contribution is -2.12. The predicted molar refractivity (Wildman–Crippen MR) is 112 cm³/mol. The average molecular weight is 388 g/mol. The molecular formula is C24H20O5. The molecule has 0 aliphatic rings. The van der Waals surface area contributed by atoms with Crippen LogP contribution in [0.5, 0.6) is 17.2 Å². The van der Waals surface area contributed by atoms with Crippen LogP contribution in [0.2, 0.25) is 0 Å². The van der Waals surface area contributed by atoms with Crippen LogP contribution in [0.1, 0.15) is 11.1 Å². The van der Waals surface area contributed by atoms with Gasteiger partial charge in [0.1, 0.15) is 28.6 Å². The third-order valence-corrected chi connectivity index (χ3v) is 4.86. The molecule has 0 bridgehead atoms. The summed E-state index contributed by atoms with van der Waals surface area (Å²) in [4.78, 5) is 13.3. The number of ether oxygens (including phenoxy) is 2. The van der Waals surface area contributed by atoms with Gasteiger partial charge in [-0.25, -0.2) is 0 Å². The van der Waals surface area contributed by atoms with Crippen molar-refractivity contribution < 1.29 is 19.0 Å². The van der Waals surface area contributed by atoms with Crippen LogP contribution < -0.4 is 14.9 Å². The van der Waals surface area contributed by atoms with Crippen LogP contribution in [0.4, 0.5) is 0 Å². The lowest BCUT2D eigenvalue weighted by atomic mass is 9.98. The van der Waals surface area contributed by atoms with E-state index in [0.29, 0.717) is 34.5 Å². The Labute approximate surface area is 167 Å². The van der Waals surface area contributed by atoms with E-state index in [0.717, 1.165) is 16.9 Å². The number of aromatic hydroxyl groups is 1. The Morgan fingerprint density at radius 3 is 2.10 bits per heavy atom. The van der Waals surface area contributed by atoms with Gasteiger partial charge in [0.25, 0.3) is 0 Å². The molecule has 0 fully saturated rings. The van der Waals surface area contributed by atoms with Crippen LogP contribution >= 0.6 is 0 Å². The predicted octanol–water partition coefficient (Wildman–Crippen LogP) is 4.77. The molecule has 3 aromatic carbocycles. The monoisotopic (exact) mass is 388 g/mol. The first-order valence-corrected chi connectivity index (χ1v) is 9.15. The number of phenols is 1. The Balaban J connectivity index is 1.90. The Bertz CT molecular complexity index is 1210. The SMILES string of the molecule is COc1ccc(Cc2c(-c3ccc(OC)cc3)oc3cc(O)ccc3c2=O)cc1. The fourth-order valence-electron chi connectivity index (χ4n) is 3.30. The molecule has 0 spiro atoms. The molecular weight excluding hydrogens is 368 g/mol. The van der Waals surface area contributed by atoms with Gasteiger partial charge in [-0.3, -0.25) is 4.79 Å². The first kappa shape index (κ1) is 18.6. The summed E-state index contributed by atoms with van der Waals surface area (Å²) >= 11 is 0. The highest BCUT2D eigenvalue weighted by molar-refractivity contribution is 5.82. The molecule has 1 N–H and O–H groups in total. The third-order valence-electron chi connectivity index (χ3n) is 4.86. The standard InChI is InChI=1S/C24H20O5/c1-27-18-8-3-15(4-9-18)13-21-23(26)20-12-7-17(25)14-22(20)29-24(21)16-5-10-19(28-2)11-6-16/h3-12,14,25H,13H2,1-2H3. The molecule has 146 valence electrons. The molecule has 5 nitrogen and oxygen atoms in total. The van der Waals surface area contributed by atoms with E-state index in [1.54, 1.807) is 20.3 Å². The highest BCUT2D eigenvalue weighted by Gasteiger charge is 2.17. The summed E-state index contributed by atoms with van der Waals surface area (Å²) in [6.45, 7) is 0. The molecule has 0 saturated carbocycles. The van der Waals surface area contributed by atoms with Gasteiger partial charge in [0.05, 0.1) is 19.6 Å². The molecule has 0 radical (unpaired) electrons. The summed E-state index contributed by atoms with van der Waals surface area (Å²) in [5.74, 6) is 1.99. The molecule has 0 amide bonds. The Morgan fingerprint density at radius 2 is 1.48 bits per heavy atom. The Hall–Kier alpha value is -3.73. The number of hydrogen-bond donors (Lipinski definition) is 1. The Morgan fingerprint density at radius 1 is 0.862 bits per heavy atom. The number of methoxy groups -OCH3 is 2. The summed E-state index contributed by atoms with van der Waals surface area (Å²) in [5, 5.41) is 10.2. The molecule has 29 heavy (non-hydrogen) atoms. The molecule has 0 aliphatic heterocycles. The van der Waals surface area contributed by atoms with Crippen molar-refractivity contribution in [3.8, 4) is 28.6 Å². The molecule has 5 heteroatoms. The zero-order valence-electron chi connectivity index (χ0n) is 16.1. The number of phenolic OH excluding ortho intramolecular Hbond substituents is 1. The van der Waals surface area contributed by atoms with Crippen LogP contribution in [-0.4, -0.2) is 19.3 Å². The van der Waals surface area contributed by atoms with E-state index in [4.69, 9.17) is 13.9 Å². The van der Waals surface area contributed by atoms with Crippen molar-refractivity contribution in [2.75, 3.05) is 14.2 Å². The van der Waals surface area contributed by atoms with E-state index in [9.17, 15) is 9.90 Å². The van der Waals surface area contributed by atoms with Gasteiger partial charge in [-0.05, 0) is 54.1 Å². The second-order valence-corrected chi connectivity index (χ2v) is 6.67. The second kappa shape index (κ2) is 7.72. The number of hydrogen-bond acceptors (Lipinski definition) is 5. The fraction of sp³-hybridized carbons (Fsp3) is 0.125. The maximum absolute atomic E-state index is 13.3. The average Bonchev–Trinajstić information content (AvgIpc) is 2.76. The van der Waals surface area contributed by atoms with Gasteiger partial charge < -0.3 is 19.0 Å². The zero-order chi connectivity index (χ0) is 20.4. The lowest BCUT2D eigenvalue weighted by molar-refractivity contribution is 0.414. The zero-order valence-corrected chi connectivity index (χ0v) is 16.1. The van der Waals surface area contributed by atoms with Crippen molar-refractivity contribution in [2.45, 2.75) is 6.42 Å². The molecule has 4 aromatic rings. The number of fused-ring (bicyclic) bond motifs is 1. The minimum Gasteiger partial charge on any atom is -0.508 e. The number of benzene rings is 3. The van der Waals surface area contributed by atoms with Gasteiger partial charge in [-0.1, -0.05) is 12.1 Å². The van der Waals surface area contributed by atoms with Gasteiger partial charge in [-0.15, -0.1) is 0 Å². The lowest BCUT2D eigenvalue weighted by Gasteiger charge is -2.12. The first-order chi connectivity index (χ1) is 14.1. The van der Waals surface area contributed by atoms with E-state index >= 15 is 0 Å². The highest BCUT2D eigenvalue weighted by Crippen LogP contribution is 2.30. The van der Waals surface area contributed by atoms with Crippen LogP contribution in [0.15, 0.2) is 75.9 Å². The van der Waals surface area contributed by atoms with Crippen LogP contribution in [0.25, 0.3) is 22.3 Å². The molecule has 0 atom stereocenters. The largest absolute Gasteiger partial charge is 0.508 e. The first-order valence-electron chi connectivity index (χ1n) is 9.15. The molecule has 0 unspecified atom stereocenters. The van der Waals surface area contributed by atoms with E-state index in [1.807, 2.05) is 48.5 Å². The normalized spacial score (nSPS) is 10.8. The van der Waals surface area contributed by atoms with Crippen LogP contribution in [0.3, 0.4) is 0 Å². The summed E-state index contributed by atoms with van der Waals surface area (Å²) in [5.41, 5.74) is 2.51. The molecule has 0 saturated heterocycles. The van der Waals surface area contributed by atoms with Gasteiger partial charge in [0, 0.05) is 23.6 Å². The summed E-state index contributed by atoms with van der Waals surface area (Å²) in [6, 6.07) is 19.5. The second-order valence-electron chi connectivity index (χ2n) is 6.67. The Kier molecular flexibility index (Phi) is 4.96. The van der Waals surface area contributed by atoms with Crippen LogP contribution in [0, 0.1) is 0 Å². The molecule has 0 aliphatic carbocycles. The van der Waals surface area contributed by atoms with Crippen molar-refractivity contribution in [3.63, 3.8) is 0 Å². The van der Waals surface area contributed by atoms with Gasteiger partial charge >= 0.3 is 0 Å². The summed E-state index contributed by atoms with van der Waals surface area (Å²) in [6.07, 6.45) is 0.407. The molecule has 4 rings (SSSR count). The van der Waals surface area contributed by atoms with Crippen molar-refractivity contribution >= 4 is 11.0 Å². The van der Waals surface area contributed by atoms with E-state index in [1.165, 1.54) is 12.1 Å². The van der Waals surface area contributed by atoms with E-state index < -0.39 is 0 Å². The molecule has 1 aromatic heterocycles. The fourth-order valence-corrected chi connectivity index (χ4v) is 3.30. The van der Waals surface area contributed by atoms with Crippen molar-refractivity contribution in [1.82, 2.24) is 0 Å². The smallest absolute Gasteiger partial charge is 0.196 e. The molecule has 1 heterocycles.